The van der Waals surface area contributed by atoms with Gasteiger partial charge < -0.3 is 40.0 Å². The number of carbonyl (C=O) groups excluding carboxylic acids is 2. The molecule has 11 nitrogen and oxygen atoms in total. The summed E-state index contributed by atoms with van der Waals surface area (Å²) < 4.78 is 16.1. The maximum Gasteiger partial charge on any atom is 0.339 e. The number of methoxy groups -OCH3 is 1. The molecule has 5 rings (SSSR count). The van der Waals surface area contributed by atoms with Crippen molar-refractivity contribution in [2.75, 3.05) is 32.1 Å². The number of benzene rings is 1. The molecule has 0 saturated carbocycles. The number of hydrogen-bond donors (Lipinski definition) is 5. The van der Waals surface area contributed by atoms with Gasteiger partial charge in [0.05, 0.1) is 31.0 Å². The van der Waals surface area contributed by atoms with Crippen LogP contribution in [0.4, 0.5) is 5.69 Å². The zero-order chi connectivity index (χ0) is 27.2. The van der Waals surface area contributed by atoms with E-state index in [4.69, 9.17) is 14.2 Å². The largest absolute Gasteiger partial charge is 0.504 e. The summed E-state index contributed by atoms with van der Waals surface area (Å²) in [5, 5.41) is 43.0. The molecular weight excluding hydrogens is 496 g/mol. The number of rotatable bonds is 6. The highest BCUT2D eigenvalue weighted by atomic mass is 16.7. The lowest BCUT2D eigenvalue weighted by Gasteiger charge is -2.44. The van der Waals surface area contributed by atoms with Crippen LogP contribution in [0.5, 0.6) is 0 Å². The zero-order valence-corrected chi connectivity index (χ0v) is 21.1. The Morgan fingerprint density at radius 2 is 2.03 bits per heavy atom. The van der Waals surface area contributed by atoms with Gasteiger partial charge in [-0.2, -0.15) is 0 Å². The van der Waals surface area contributed by atoms with Gasteiger partial charge in [0.1, 0.15) is 24.4 Å². The molecule has 38 heavy (non-hydrogen) atoms. The molecule has 0 aromatic heterocycles. The van der Waals surface area contributed by atoms with Crippen molar-refractivity contribution in [1.82, 2.24) is 4.90 Å². The third-order valence-corrected chi connectivity index (χ3v) is 8.56. The number of fused-ring (bicyclic) bond motifs is 4. The molecule has 1 amide bonds. The Bertz CT molecular complexity index is 1120. The van der Waals surface area contributed by atoms with Gasteiger partial charge in [0, 0.05) is 24.2 Å². The Morgan fingerprint density at radius 3 is 2.74 bits per heavy atom. The molecule has 1 aromatic carbocycles. The number of carbonyl (C=O) groups is 2. The maximum atomic E-state index is 13.5. The van der Waals surface area contributed by atoms with Gasteiger partial charge in [-0.25, -0.2) is 4.79 Å². The first-order valence-corrected chi connectivity index (χ1v) is 12.8. The Morgan fingerprint density at radius 1 is 1.26 bits per heavy atom. The predicted octanol–water partition coefficient (Wildman–Crippen LogP) is -0.354. The van der Waals surface area contributed by atoms with E-state index < -0.39 is 54.6 Å². The molecule has 0 aliphatic carbocycles. The fraction of sp³-hybridized carbons (Fsp3) is 0.556. The highest BCUT2D eigenvalue weighted by Gasteiger charge is 2.60. The molecule has 11 heteroatoms. The van der Waals surface area contributed by atoms with Crippen molar-refractivity contribution >= 4 is 17.6 Å². The van der Waals surface area contributed by atoms with E-state index in [1.54, 1.807) is 6.08 Å². The van der Waals surface area contributed by atoms with Crippen LogP contribution >= 0.6 is 0 Å². The molecule has 3 fully saturated rings. The summed E-state index contributed by atoms with van der Waals surface area (Å²) in [5.41, 5.74) is 1.18. The van der Waals surface area contributed by atoms with E-state index in [0.29, 0.717) is 19.4 Å². The predicted molar refractivity (Wildman–Crippen MR) is 133 cm³/mol. The summed E-state index contributed by atoms with van der Waals surface area (Å²) in [6.07, 6.45) is -3.67. The van der Waals surface area contributed by atoms with Gasteiger partial charge in [-0.3, -0.25) is 9.69 Å². The molecule has 5 N–H and O–H groups in total. The second-order valence-electron chi connectivity index (χ2n) is 10.4. The van der Waals surface area contributed by atoms with Gasteiger partial charge >= 0.3 is 5.97 Å². The number of ether oxygens (including phenoxy) is 3. The lowest BCUT2D eigenvalue weighted by Crippen LogP contribution is -2.59. The van der Waals surface area contributed by atoms with Crippen molar-refractivity contribution in [2.24, 2.45) is 11.8 Å². The summed E-state index contributed by atoms with van der Waals surface area (Å²) in [7, 11) is 1.40. The minimum absolute atomic E-state index is 0.0526. The number of para-hydroxylation sites is 1. The van der Waals surface area contributed by atoms with Gasteiger partial charge in [0.25, 0.3) is 0 Å². The summed E-state index contributed by atoms with van der Waals surface area (Å²) in [5.74, 6) is -1.49. The minimum atomic E-state index is -1.73. The Kier molecular flexibility index (Phi) is 7.33. The number of hydrogen-bond acceptors (Lipinski definition) is 10. The number of piperidine rings is 1. The number of aliphatic hydroxyl groups is 4. The highest BCUT2D eigenvalue weighted by Crippen LogP contribution is 2.53. The molecule has 206 valence electrons. The molecule has 0 bridgehead atoms. The topological polar surface area (TPSA) is 158 Å². The minimum Gasteiger partial charge on any atom is -0.504 e. The molecule has 0 radical (unpaired) electrons. The number of aliphatic hydroxyl groups excluding tert-OH is 4. The van der Waals surface area contributed by atoms with E-state index in [0.717, 1.165) is 17.8 Å². The molecule has 1 aromatic rings. The summed E-state index contributed by atoms with van der Waals surface area (Å²) >= 11 is 0. The van der Waals surface area contributed by atoms with Crippen molar-refractivity contribution < 1.29 is 44.2 Å². The molecule has 4 aliphatic heterocycles. The number of amides is 1. The second kappa shape index (κ2) is 10.4. The number of anilines is 1. The van der Waals surface area contributed by atoms with Gasteiger partial charge in [-0.15, -0.1) is 6.58 Å². The highest BCUT2D eigenvalue weighted by molar-refractivity contribution is 6.07. The van der Waals surface area contributed by atoms with Gasteiger partial charge in [0.15, 0.2) is 0 Å². The van der Waals surface area contributed by atoms with E-state index in [9.17, 15) is 30.0 Å². The molecule has 1 spiro atoms. The fourth-order valence-electron chi connectivity index (χ4n) is 6.60. The lowest BCUT2D eigenvalue weighted by molar-refractivity contribution is -0.291. The van der Waals surface area contributed by atoms with Crippen LogP contribution in [0.1, 0.15) is 18.4 Å². The van der Waals surface area contributed by atoms with E-state index in [-0.39, 0.29) is 23.4 Å². The van der Waals surface area contributed by atoms with Crippen LogP contribution in [0.15, 0.2) is 48.8 Å². The van der Waals surface area contributed by atoms with Crippen LogP contribution in [0.25, 0.3) is 0 Å². The van der Waals surface area contributed by atoms with Crippen LogP contribution < -0.4 is 5.32 Å². The van der Waals surface area contributed by atoms with E-state index in [1.807, 2.05) is 24.3 Å². The molecular formula is C27H34N2O9. The van der Waals surface area contributed by atoms with Crippen molar-refractivity contribution in [3.63, 3.8) is 0 Å². The molecule has 4 heterocycles. The van der Waals surface area contributed by atoms with Crippen molar-refractivity contribution in [2.45, 2.75) is 55.0 Å². The van der Waals surface area contributed by atoms with Gasteiger partial charge in [0.2, 0.25) is 12.2 Å². The van der Waals surface area contributed by atoms with Crippen LogP contribution in [0, 0.1) is 11.8 Å². The van der Waals surface area contributed by atoms with E-state index >= 15 is 0 Å². The Hall–Kier alpha value is -2.80. The number of esters is 1. The average molecular weight is 531 g/mol. The first kappa shape index (κ1) is 26.8. The van der Waals surface area contributed by atoms with E-state index in [1.165, 1.54) is 13.4 Å². The standard InChI is InChI=1S/C27H34N2O9/c1-3-14-11-29-9-8-27(17-6-4-5-7-18(17)28-26(27)35)20(29)10-15(14)16(13-36-2)24(34)38-25-23(33)22(32)21(31)19(12-30)37-25/h3-7,13-15,19-23,25,30-33H,1,8-12H2,2H3,(H,28,35)/t14-,15-,19+,20-,21+,22-,23+,25-,27-/m0/s1. The quantitative estimate of drug-likeness (QED) is 0.142. The third kappa shape index (κ3) is 4.14. The van der Waals surface area contributed by atoms with Gasteiger partial charge in [-0.1, -0.05) is 24.3 Å². The second-order valence-corrected chi connectivity index (χ2v) is 10.4. The smallest absolute Gasteiger partial charge is 0.339 e. The first-order valence-electron chi connectivity index (χ1n) is 12.8. The normalized spacial score (nSPS) is 38.9. The first-order chi connectivity index (χ1) is 18.3. The number of nitrogens with zero attached hydrogens (tertiary/aromatic N) is 1. The molecule has 9 atom stereocenters. The van der Waals surface area contributed by atoms with Crippen LogP contribution in [-0.4, -0.2) is 101 Å². The van der Waals surface area contributed by atoms with Crippen LogP contribution in [0.3, 0.4) is 0 Å². The third-order valence-electron chi connectivity index (χ3n) is 8.56. The van der Waals surface area contributed by atoms with Gasteiger partial charge in [-0.05, 0) is 36.9 Å². The average Bonchev–Trinajstić information content (AvgIpc) is 3.44. The van der Waals surface area contributed by atoms with Crippen molar-refractivity contribution in [3.8, 4) is 0 Å². The Balaban J connectivity index is 1.42. The fourth-order valence-corrected chi connectivity index (χ4v) is 6.60. The summed E-state index contributed by atoms with van der Waals surface area (Å²) in [4.78, 5) is 29.2. The maximum absolute atomic E-state index is 13.5. The molecule has 4 aliphatic rings. The lowest BCUT2D eigenvalue weighted by atomic mass is 9.68. The molecule has 3 saturated heterocycles. The van der Waals surface area contributed by atoms with Crippen LogP contribution in [0.2, 0.25) is 0 Å². The van der Waals surface area contributed by atoms with Crippen molar-refractivity contribution in [3.05, 3.63) is 54.3 Å². The monoisotopic (exact) mass is 530 g/mol. The molecule has 0 unspecified atom stereocenters. The Labute approximate surface area is 220 Å². The van der Waals surface area contributed by atoms with E-state index in [2.05, 4.69) is 16.8 Å². The SMILES string of the molecule is C=C[C@H]1CN2CC[C@@]3(C(=O)Nc4ccccc43)[C@@H]2C[C@@H]1C(=COC)C(=O)O[C@@H]1O[C@H](CO)[C@@H](O)[C@H](O)[C@H]1O. The van der Waals surface area contributed by atoms with Crippen LogP contribution in [-0.2, 0) is 29.2 Å². The zero-order valence-electron chi connectivity index (χ0n) is 21.1. The van der Waals surface area contributed by atoms with Crippen molar-refractivity contribution in [1.29, 1.82) is 0 Å². The summed E-state index contributed by atoms with van der Waals surface area (Å²) in [6.45, 7) is 4.63. The summed E-state index contributed by atoms with van der Waals surface area (Å²) in [6, 6.07) is 7.49. The number of nitrogens with one attached hydrogen (secondary N) is 1.